The second-order valence-corrected chi connectivity index (χ2v) is 3.93. The molecule has 0 amide bonds. The van der Waals surface area contributed by atoms with Crippen molar-refractivity contribution in [2.45, 2.75) is 26.2 Å². The zero-order chi connectivity index (χ0) is 11.1. The molecule has 0 aliphatic carbocycles. The number of aryl methyl sites for hydroxylation is 1. The zero-order valence-electron chi connectivity index (χ0n) is 8.79. The summed E-state index contributed by atoms with van der Waals surface area (Å²) in [5, 5.41) is 0.959. The van der Waals surface area contributed by atoms with E-state index in [2.05, 4.69) is 15.9 Å². The van der Waals surface area contributed by atoms with Crippen molar-refractivity contribution in [3.8, 4) is 5.75 Å². The molecule has 4 heteroatoms. The summed E-state index contributed by atoms with van der Waals surface area (Å²) in [4.78, 5) is 11.5. The SMILES string of the molecule is CCc1occc(=O)c1OCCCCBr. The van der Waals surface area contributed by atoms with Crippen molar-refractivity contribution in [1.29, 1.82) is 0 Å². The molecule has 15 heavy (non-hydrogen) atoms. The summed E-state index contributed by atoms with van der Waals surface area (Å²) in [7, 11) is 0. The first kappa shape index (κ1) is 12.3. The van der Waals surface area contributed by atoms with Gasteiger partial charge in [0.05, 0.1) is 12.9 Å². The molecule has 0 fully saturated rings. The number of rotatable bonds is 6. The summed E-state index contributed by atoms with van der Waals surface area (Å²) in [6, 6.07) is 1.39. The van der Waals surface area contributed by atoms with Crippen molar-refractivity contribution in [2.24, 2.45) is 0 Å². The van der Waals surface area contributed by atoms with Crippen LogP contribution in [-0.2, 0) is 6.42 Å². The van der Waals surface area contributed by atoms with Crippen LogP contribution >= 0.6 is 15.9 Å². The molecule has 1 aromatic rings. The summed E-state index contributed by atoms with van der Waals surface area (Å²) in [5.41, 5.74) is -0.100. The van der Waals surface area contributed by atoms with Gasteiger partial charge in [-0.2, -0.15) is 0 Å². The summed E-state index contributed by atoms with van der Waals surface area (Å²) in [6.45, 7) is 2.50. The Kier molecular flexibility index (Phi) is 5.47. The molecule has 0 unspecified atom stereocenters. The fraction of sp³-hybridized carbons (Fsp3) is 0.545. The van der Waals surface area contributed by atoms with E-state index in [-0.39, 0.29) is 5.43 Å². The van der Waals surface area contributed by atoms with Crippen LogP contribution in [0.5, 0.6) is 5.75 Å². The Morgan fingerprint density at radius 1 is 1.47 bits per heavy atom. The Hall–Kier alpha value is -0.770. The van der Waals surface area contributed by atoms with Gasteiger partial charge in [0.2, 0.25) is 11.2 Å². The Labute approximate surface area is 97.6 Å². The number of halogens is 1. The third kappa shape index (κ3) is 3.70. The zero-order valence-corrected chi connectivity index (χ0v) is 10.4. The summed E-state index contributed by atoms with van der Waals surface area (Å²) >= 11 is 3.34. The highest BCUT2D eigenvalue weighted by molar-refractivity contribution is 9.09. The van der Waals surface area contributed by atoms with Crippen LogP contribution in [-0.4, -0.2) is 11.9 Å². The molecule has 1 heterocycles. The number of unbranched alkanes of at least 4 members (excludes halogenated alkanes) is 1. The van der Waals surface area contributed by atoms with Crippen LogP contribution in [0.25, 0.3) is 0 Å². The summed E-state index contributed by atoms with van der Waals surface area (Å²) in [5.74, 6) is 0.996. The van der Waals surface area contributed by atoms with E-state index in [4.69, 9.17) is 9.15 Å². The lowest BCUT2D eigenvalue weighted by molar-refractivity contribution is 0.288. The molecular weight excluding hydrogens is 260 g/mol. The molecule has 0 aliphatic rings. The number of alkyl halides is 1. The van der Waals surface area contributed by atoms with Crippen LogP contribution in [0.2, 0.25) is 0 Å². The van der Waals surface area contributed by atoms with Crippen LogP contribution < -0.4 is 10.2 Å². The largest absolute Gasteiger partial charge is 0.487 e. The van der Waals surface area contributed by atoms with E-state index in [0.717, 1.165) is 18.2 Å². The first-order valence-electron chi connectivity index (χ1n) is 5.09. The van der Waals surface area contributed by atoms with Crippen LogP contribution in [0, 0.1) is 0 Å². The van der Waals surface area contributed by atoms with Crippen LogP contribution in [0.15, 0.2) is 21.5 Å². The van der Waals surface area contributed by atoms with E-state index in [9.17, 15) is 4.79 Å². The first-order valence-corrected chi connectivity index (χ1v) is 6.21. The standard InChI is InChI=1S/C11H15BrO3/c1-2-10-11(9(13)5-8-14-10)15-7-4-3-6-12/h5,8H,2-4,6-7H2,1H3. The van der Waals surface area contributed by atoms with Gasteiger partial charge in [-0.05, 0) is 12.8 Å². The van der Waals surface area contributed by atoms with Gasteiger partial charge in [-0.15, -0.1) is 0 Å². The van der Waals surface area contributed by atoms with Gasteiger partial charge in [-0.25, -0.2) is 0 Å². The fourth-order valence-electron chi connectivity index (χ4n) is 1.21. The summed E-state index contributed by atoms with van der Waals surface area (Å²) < 4.78 is 10.6. The van der Waals surface area contributed by atoms with Crippen LogP contribution in [0.3, 0.4) is 0 Å². The molecule has 84 valence electrons. The lowest BCUT2D eigenvalue weighted by atomic mass is 10.3. The van der Waals surface area contributed by atoms with Gasteiger partial charge in [0.1, 0.15) is 5.76 Å². The van der Waals surface area contributed by atoms with Gasteiger partial charge in [-0.1, -0.05) is 22.9 Å². The Balaban J connectivity index is 2.62. The number of ether oxygens (including phenoxy) is 1. The van der Waals surface area contributed by atoms with Crippen molar-refractivity contribution >= 4 is 15.9 Å². The average Bonchev–Trinajstić information content (AvgIpc) is 2.26. The van der Waals surface area contributed by atoms with Crippen molar-refractivity contribution < 1.29 is 9.15 Å². The minimum Gasteiger partial charge on any atom is -0.487 e. The molecule has 0 bridgehead atoms. The molecule has 0 atom stereocenters. The smallest absolute Gasteiger partial charge is 0.227 e. The lowest BCUT2D eigenvalue weighted by Crippen LogP contribution is -2.10. The molecule has 0 radical (unpaired) electrons. The van der Waals surface area contributed by atoms with E-state index in [1.165, 1.54) is 12.3 Å². The van der Waals surface area contributed by atoms with Gasteiger partial charge < -0.3 is 9.15 Å². The molecule has 1 rings (SSSR count). The molecule has 0 spiro atoms. The Morgan fingerprint density at radius 3 is 2.93 bits per heavy atom. The molecule has 3 nitrogen and oxygen atoms in total. The maximum atomic E-state index is 11.5. The Bertz CT molecular complexity index is 346. The van der Waals surface area contributed by atoms with Crippen LogP contribution in [0.1, 0.15) is 25.5 Å². The van der Waals surface area contributed by atoms with E-state index in [1.807, 2.05) is 6.92 Å². The van der Waals surface area contributed by atoms with Gasteiger partial charge in [0, 0.05) is 17.8 Å². The van der Waals surface area contributed by atoms with Crippen molar-refractivity contribution in [2.75, 3.05) is 11.9 Å². The highest BCUT2D eigenvalue weighted by atomic mass is 79.9. The highest BCUT2D eigenvalue weighted by Gasteiger charge is 2.08. The third-order valence-electron chi connectivity index (χ3n) is 2.00. The van der Waals surface area contributed by atoms with E-state index in [1.54, 1.807) is 0 Å². The maximum absolute atomic E-state index is 11.5. The minimum atomic E-state index is -0.100. The molecular formula is C11H15BrO3. The van der Waals surface area contributed by atoms with Gasteiger partial charge in [0.25, 0.3) is 0 Å². The molecule has 0 saturated heterocycles. The predicted octanol–water partition coefficient (Wildman–Crippen LogP) is 2.76. The predicted molar refractivity (Wildman–Crippen MR) is 62.9 cm³/mol. The average molecular weight is 275 g/mol. The van der Waals surface area contributed by atoms with E-state index >= 15 is 0 Å². The number of hydrogen-bond acceptors (Lipinski definition) is 3. The molecule has 0 aliphatic heterocycles. The normalized spacial score (nSPS) is 10.3. The third-order valence-corrected chi connectivity index (χ3v) is 2.56. The first-order chi connectivity index (χ1) is 7.29. The van der Waals surface area contributed by atoms with Crippen molar-refractivity contribution in [1.82, 2.24) is 0 Å². The minimum absolute atomic E-state index is 0.100. The molecule has 0 saturated carbocycles. The number of hydrogen-bond donors (Lipinski definition) is 0. The van der Waals surface area contributed by atoms with E-state index < -0.39 is 0 Å². The molecule has 0 N–H and O–H groups in total. The van der Waals surface area contributed by atoms with E-state index in [0.29, 0.717) is 24.5 Å². The highest BCUT2D eigenvalue weighted by Crippen LogP contribution is 2.13. The van der Waals surface area contributed by atoms with Gasteiger partial charge in [-0.3, -0.25) is 4.79 Å². The molecule has 1 aromatic heterocycles. The molecule has 0 aromatic carbocycles. The second-order valence-electron chi connectivity index (χ2n) is 3.14. The summed E-state index contributed by atoms with van der Waals surface area (Å²) in [6.07, 6.45) is 4.05. The monoisotopic (exact) mass is 274 g/mol. The van der Waals surface area contributed by atoms with Crippen molar-refractivity contribution in [3.63, 3.8) is 0 Å². The Morgan fingerprint density at radius 2 is 2.27 bits per heavy atom. The van der Waals surface area contributed by atoms with Gasteiger partial charge >= 0.3 is 0 Å². The van der Waals surface area contributed by atoms with Crippen LogP contribution in [0.4, 0.5) is 0 Å². The lowest BCUT2D eigenvalue weighted by Gasteiger charge is -2.07. The fourth-order valence-corrected chi connectivity index (χ4v) is 1.61. The maximum Gasteiger partial charge on any atom is 0.227 e. The van der Waals surface area contributed by atoms with Gasteiger partial charge in [0.15, 0.2) is 0 Å². The topological polar surface area (TPSA) is 39.4 Å². The van der Waals surface area contributed by atoms with Crippen molar-refractivity contribution in [3.05, 3.63) is 28.3 Å². The second kappa shape index (κ2) is 6.67. The quantitative estimate of drug-likeness (QED) is 0.592.